The van der Waals surface area contributed by atoms with Crippen molar-refractivity contribution in [3.63, 3.8) is 0 Å². The maximum atomic E-state index is 12.2. The highest BCUT2D eigenvalue weighted by Crippen LogP contribution is 2.23. The van der Waals surface area contributed by atoms with Gasteiger partial charge in [-0.15, -0.1) is 0 Å². The number of esters is 1. The van der Waals surface area contributed by atoms with Gasteiger partial charge in [0, 0.05) is 17.7 Å². The molecule has 6 nitrogen and oxygen atoms in total. The van der Waals surface area contributed by atoms with Crippen LogP contribution in [-0.4, -0.2) is 30.4 Å². The number of benzene rings is 1. The fourth-order valence-electron chi connectivity index (χ4n) is 2.19. The number of ether oxygens (including phenoxy) is 1. The molecule has 1 heterocycles. The molecule has 0 atom stereocenters. The van der Waals surface area contributed by atoms with Gasteiger partial charge in [0.1, 0.15) is 5.54 Å². The zero-order chi connectivity index (χ0) is 15.6. The first kappa shape index (κ1) is 15.0. The average molecular weight is 290 g/mol. The molecule has 0 saturated carbocycles. The van der Waals surface area contributed by atoms with E-state index in [-0.39, 0.29) is 11.8 Å². The highest BCUT2D eigenvalue weighted by molar-refractivity contribution is 6.00. The van der Waals surface area contributed by atoms with Crippen LogP contribution in [0.25, 0.3) is 0 Å². The largest absolute Gasteiger partial charge is 0.467 e. The Kier molecular flexibility index (Phi) is 3.97. The highest BCUT2D eigenvalue weighted by Gasteiger charge is 2.31. The summed E-state index contributed by atoms with van der Waals surface area (Å²) in [6.45, 7) is 3.16. The zero-order valence-corrected chi connectivity index (χ0v) is 12.3. The van der Waals surface area contributed by atoms with E-state index in [1.165, 1.54) is 7.11 Å². The van der Waals surface area contributed by atoms with Crippen molar-refractivity contribution < 1.29 is 19.1 Å². The maximum absolute atomic E-state index is 12.2. The molecule has 2 rings (SSSR count). The van der Waals surface area contributed by atoms with Crippen molar-refractivity contribution in [2.24, 2.45) is 0 Å². The lowest BCUT2D eigenvalue weighted by Crippen LogP contribution is -2.50. The molecule has 0 aromatic heterocycles. The molecule has 1 aromatic rings. The topological polar surface area (TPSA) is 84.5 Å². The van der Waals surface area contributed by atoms with E-state index in [1.807, 2.05) is 0 Å². The van der Waals surface area contributed by atoms with Crippen LogP contribution in [0.5, 0.6) is 0 Å². The van der Waals surface area contributed by atoms with Gasteiger partial charge in [-0.3, -0.25) is 9.59 Å². The van der Waals surface area contributed by atoms with Gasteiger partial charge in [-0.2, -0.15) is 0 Å². The van der Waals surface area contributed by atoms with Crippen LogP contribution in [-0.2, 0) is 20.7 Å². The molecule has 0 radical (unpaired) electrons. The lowest BCUT2D eigenvalue weighted by atomic mass is 9.99. The minimum atomic E-state index is -1.10. The van der Waals surface area contributed by atoms with Gasteiger partial charge < -0.3 is 15.4 Å². The Labute approximate surface area is 122 Å². The fourth-order valence-corrected chi connectivity index (χ4v) is 2.19. The number of hydrogen-bond donors (Lipinski definition) is 2. The molecule has 0 unspecified atom stereocenters. The van der Waals surface area contributed by atoms with E-state index < -0.39 is 11.5 Å². The Balaban J connectivity index is 2.17. The van der Waals surface area contributed by atoms with Gasteiger partial charge in [-0.1, -0.05) is 0 Å². The summed E-state index contributed by atoms with van der Waals surface area (Å²) in [5.41, 5.74) is 0.991. The number of rotatable bonds is 3. The van der Waals surface area contributed by atoms with E-state index in [9.17, 15) is 14.4 Å². The molecule has 0 aliphatic carbocycles. The molecule has 2 N–H and O–H groups in total. The third kappa shape index (κ3) is 3.21. The van der Waals surface area contributed by atoms with Crippen LogP contribution in [0, 0.1) is 0 Å². The summed E-state index contributed by atoms with van der Waals surface area (Å²) in [7, 11) is 1.28. The standard InChI is InChI=1S/C15H18N2O4/c1-15(2,14(20)21-3)17-13(19)10-4-6-11-9(8-10)5-7-12(18)16-11/h4,6,8H,5,7H2,1-3H3,(H,16,18)(H,17,19). The van der Waals surface area contributed by atoms with Crippen LogP contribution in [0.3, 0.4) is 0 Å². The third-order valence-electron chi connectivity index (χ3n) is 3.38. The predicted octanol–water partition coefficient (Wildman–Crippen LogP) is 1.25. The summed E-state index contributed by atoms with van der Waals surface area (Å²) in [4.78, 5) is 35.1. The number of amides is 2. The van der Waals surface area contributed by atoms with E-state index >= 15 is 0 Å². The van der Waals surface area contributed by atoms with Gasteiger partial charge in [0.25, 0.3) is 5.91 Å². The number of aryl methyl sites for hydroxylation is 1. The van der Waals surface area contributed by atoms with E-state index in [4.69, 9.17) is 0 Å². The molecule has 21 heavy (non-hydrogen) atoms. The van der Waals surface area contributed by atoms with Crippen LogP contribution in [0.2, 0.25) is 0 Å². The Morgan fingerprint density at radius 2 is 2.00 bits per heavy atom. The molecule has 0 bridgehead atoms. The van der Waals surface area contributed by atoms with Crippen molar-refractivity contribution in [2.45, 2.75) is 32.2 Å². The van der Waals surface area contributed by atoms with Crippen molar-refractivity contribution in [1.29, 1.82) is 0 Å². The Bertz CT molecular complexity index is 608. The maximum Gasteiger partial charge on any atom is 0.330 e. The Hall–Kier alpha value is -2.37. The minimum Gasteiger partial charge on any atom is -0.467 e. The van der Waals surface area contributed by atoms with Crippen molar-refractivity contribution in [2.75, 3.05) is 12.4 Å². The number of nitrogens with one attached hydrogen (secondary N) is 2. The van der Waals surface area contributed by atoms with Crippen LogP contribution in [0.4, 0.5) is 5.69 Å². The lowest BCUT2D eigenvalue weighted by molar-refractivity contribution is -0.146. The van der Waals surface area contributed by atoms with E-state index in [2.05, 4.69) is 15.4 Å². The second kappa shape index (κ2) is 5.55. The summed E-state index contributed by atoms with van der Waals surface area (Å²) >= 11 is 0. The molecule has 112 valence electrons. The molecular formula is C15H18N2O4. The number of carbonyl (C=O) groups is 3. The average Bonchev–Trinajstić information content (AvgIpc) is 2.45. The molecule has 0 spiro atoms. The van der Waals surface area contributed by atoms with Gasteiger partial charge in [0.2, 0.25) is 5.91 Å². The molecule has 1 aliphatic heterocycles. The number of fused-ring (bicyclic) bond motifs is 1. The summed E-state index contributed by atoms with van der Waals surface area (Å²) in [6, 6.07) is 5.05. The van der Waals surface area contributed by atoms with Crippen molar-refractivity contribution in [1.82, 2.24) is 5.32 Å². The summed E-state index contributed by atoms with van der Waals surface area (Å²) < 4.78 is 4.65. The normalized spacial score (nSPS) is 14.0. The zero-order valence-electron chi connectivity index (χ0n) is 12.3. The summed E-state index contributed by atoms with van der Waals surface area (Å²) in [6.07, 6.45) is 1.01. The molecule has 1 aliphatic rings. The SMILES string of the molecule is COC(=O)C(C)(C)NC(=O)c1ccc2c(c1)CCC(=O)N2. The first-order valence-electron chi connectivity index (χ1n) is 6.67. The van der Waals surface area contributed by atoms with Crippen LogP contribution in [0.15, 0.2) is 18.2 Å². The number of methoxy groups -OCH3 is 1. The smallest absolute Gasteiger partial charge is 0.330 e. The monoisotopic (exact) mass is 290 g/mol. The fraction of sp³-hybridized carbons (Fsp3) is 0.400. The molecular weight excluding hydrogens is 272 g/mol. The van der Waals surface area contributed by atoms with Gasteiger partial charge in [0.05, 0.1) is 7.11 Å². The lowest BCUT2D eigenvalue weighted by Gasteiger charge is -2.23. The van der Waals surface area contributed by atoms with Crippen molar-refractivity contribution in [3.8, 4) is 0 Å². The van der Waals surface area contributed by atoms with Crippen molar-refractivity contribution >= 4 is 23.5 Å². The molecule has 2 amide bonds. The second-order valence-electron chi connectivity index (χ2n) is 5.49. The van der Waals surface area contributed by atoms with Crippen LogP contribution < -0.4 is 10.6 Å². The van der Waals surface area contributed by atoms with Gasteiger partial charge >= 0.3 is 5.97 Å². The van der Waals surface area contributed by atoms with Crippen LogP contribution in [0.1, 0.15) is 36.2 Å². The molecule has 1 aromatic carbocycles. The summed E-state index contributed by atoms with van der Waals surface area (Å²) in [5, 5.41) is 5.39. The van der Waals surface area contributed by atoms with E-state index in [1.54, 1.807) is 32.0 Å². The summed E-state index contributed by atoms with van der Waals surface area (Å²) in [5.74, 6) is -0.891. The first-order chi connectivity index (χ1) is 9.83. The van der Waals surface area contributed by atoms with E-state index in [0.717, 1.165) is 11.3 Å². The molecule has 0 fully saturated rings. The Morgan fingerprint density at radius 1 is 1.29 bits per heavy atom. The second-order valence-corrected chi connectivity index (χ2v) is 5.49. The van der Waals surface area contributed by atoms with Gasteiger partial charge in [-0.05, 0) is 44.0 Å². The van der Waals surface area contributed by atoms with E-state index in [0.29, 0.717) is 18.4 Å². The molecule has 0 saturated heterocycles. The minimum absolute atomic E-state index is 0.0217. The number of anilines is 1. The van der Waals surface area contributed by atoms with Crippen LogP contribution >= 0.6 is 0 Å². The van der Waals surface area contributed by atoms with Gasteiger partial charge in [0.15, 0.2) is 0 Å². The Morgan fingerprint density at radius 3 is 2.67 bits per heavy atom. The molecule has 6 heteroatoms. The highest BCUT2D eigenvalue weighted by atomic mass is 16.5. The number of carbonyl (C=O) groups excluding carboxylic acids is 3. The predicted molar refractivity (Wildman–Crippen MR) is 77.0 cm³/mol. The third-order valence-corrected chi connectivity index (χ3v) is 3.38. The first-order valence-corrected chi connectivity index (χ1v) is 6.67. The van der Waals surface area contributed by atoms with Gasteiger partial charge in [-0.25, -0.2) is 4.79 Å². The quantitative estimate of drug-likeness (QED) is 0.821. The number of hydrogen-bond acceptors (Lipinski definition) is 4. The van der Waals surface area contributed by atoms with Crippen molar-refractivity contribution in [3.05, 3.63) is 29.3 Å².